The van der Waals surface area contributed by atoms with Crippen LogP contribution in [0.2, 0.25) is 0 Å². The van der Waals surface area contributed by atoms with E-state index in [2.05, 4.69) is 23.7 Å². The summed E-state index contributed by atoms with van der Waals surface area (Å²) in [6.07, 6.45) is 3.06. The van der Waals surface area contributed by atoms with Crippen LogP contribution in [0.4, 0.5) is 0 Å². The van der Waals surface area contributed by atoms with E-state index in [4.69, 9.17) is 0 Å². The Kier molecular flexibility index (Phi) is 3.57. The van der Waals surface area contributed by atoms with Crippen molar-refractivity contribution in [3.63, 3.8) is 0 Å². The molecule has 2 aromatic heterocycles. The smallest absolute Gasteiger partial charge is 0.258 e. The van der Waals surface area contributed by atoms with Crippen molar-refractivity contribution in [3.8, 4) is 0 Å². The van der Waals surface area contributed by atoms with Crippen molar-refractivity contribution < 1.29 is 0 Å². The minimum atomic E-state index is 0.00343. The molecule has 0 N–H and O–H groups in total. The van der Waals surface area contributed by atoms with Gasteiger partial charge in [-0.1, -0.05) is 19.9 Å². The molecule has 0 spiro atoms. The van der Waals surface area contributed by atoms with Crippen molar-refractivity contribution >= 4 is 5.65 Å². The van der Waals surface area contributed by atoms with Gasteiger partial charge in [0.25, 0.3) is 5.56 Å². The molecule has 0 unspecified atom stereocenters. The third-order valence-corrected chi connectivity index (χ3v) is 3.95. The second kappa shape index (κ2) is 5.37. The Morgan fingerprint density at radius 3 is 2.75 bits per heavy atom. The first-order valence-corrected chi connectivity index (χ1v) is 7.31. The molecule has 20 heavy (non-hydrogen) atoms. The fraction of sp³-hybridized carbons (Fsp3) is 0.500. The Hall–Kier alpha value is -1.68. The van der Waals surface area contributed by atoms with E-state index in [1.165, 1.54) is 6.42 Å². The van der Waals surface area contributed by atoms with Crippen LogP contribution in [0.5, 0.6) is 0 Å². The maximum absolute atomic E-state index is 12.1. The topological polar surface area (TPSA) is 37.6 Å². The van der Waals surface area contributed by atoms with Crippen LogP contribution in [-0.2, 0) is 6.54 Å². The van der Waals surface area contributed by atoms with Crippen LogP contribution in [0.15, 0.2) is 35.3 Å². The zero-order valence-corrected chi connectivity index (χ0v) is 12.1. The zero-order valence-electron chi connectivity index (χ0n) is 12.1. The fourth-order valence-corrected chi connectivity index (χ4v) is 3.33. The van der Waals surface area contributed by atoms with E-state index in [9.17, 15) is 4.79 Å². The van der Waals surface area contributed by atoms with Crippen molar-refractivity contribution in [3.05, 3.63) is 46.5 Å². The maximum Gasteiger partial charge on any atom is 0.258 e. The van der Waals surface area contributed by atoms with Crippen molar-refractivity contribution in [2.75, 3.05) is 13.1 Å². The second-order valence-corrected chi connectivity index (χ2v) is 6.15. The van der Waals surface area contributed by atoms with Gasteiger partial charge in [0.05, 0.1) is 5.69 Å². The molecule has 1 aliphatic rings. The van der Waals surface area contributed by atoms with Gasteiger partial charge in [0, 0.05) is 31.9 Å². The van der Waals surface area contributed by atoms with Gasteiger partial charge in [0.15, 0.2) is 0 Å². The normalized spacial score (nSPS) is 24.1. The van der Waals surface area contributed by atoms with Gasteiger partial charge in [-0.3, -0.25) is 14.1 Å². The van der Waals surface area contributed by atoms with E-state index in [0.717, 1.165) is 42.8 Å². The Morgan fingerprint density at radius 2 is 2.00 bits per heavy atom. The monoisotopic (exact) mass is 271 g/mol. The van der Waals surface area contributed by atoms with Gasteiger partial charge in [0.2, 0.25) is 0 Å². The van der Waals surface area contributed by atoms with Gasteiger partial charge in [0.1, 0.15) is 5.65 Å². The van der Waals surface area contributed by atoms with E-state index in [1.54, 1.807) is 16.7 Å². The molecule has 106 valence electrons. The molecule has 0 bridgehead atoms. The molecular formula is C16H21N3O. The van der Waals surface area contributed by atoms with Gasteiger partial charge in [-0.15, -0.1) is 0 Å². The third-order valence-electron chi connectivity index (χ3n) is 3.95. The molecule has 1 saturated heterocycles. The number of nitrogens with zero attached hydrogens (tertiary/aromatic N) is 3. The molecule has 2 atom stereocenters. The molecule has 0 aliphatic carbocycles. The van der Waals surface area contributed by atoms with E-state index in [-0.39, 0.29) is 5.56 Å². The predicted molar refractivity (Wildman–Crippen MR) is 79.7 cm³/mol. The summed E-state index contributed by atoms with van der Waals surface area (Å²) >= 11 is 0. The minimum Gasteiger partial charge on any atom is -0.297 e. The van der Waals surface area contributed by atoms with Crippen LogP contribution < -0.4 is 5.56 Å². The zero-order chi connectivity index (χ0) is 14.1. The number of aromatic nitrogens is 2. The lowest BCUT2D eigenvalue weighted by atomic mass is 9.92. The molecule has 0 amide bonds. The highest BCUT2D eigenvalue weighted by Gasteiger charge is 2.22. The summed E-state index contributed by atoms with van der Waals surface area (Å²) in [6.45, 7) is 7.56. The molecule has 3 rings (SSSR count). The molecule has 0 saturated carbocycles. The molecule has 2 aromatic rings. The summed E-state index contributed by atoms with van der Waals surface area (Å²) in [5.41, 5.74) is 1.61. The lowest BCUT2D eigenvalue weighted by Gasteiger charge is -2.34. The summed E-state index contributed by atoms with van der Waals surface area (Å²) in [7, 11) is 0. The summed E-state index contributed by atoms with van der Waals surface area (Å²) < 4.78 is 1.59. The first kappa shape index (κ1) is 13.3. The quantitative estimate of drug-likeness (QED) is 0.840. The molecule has 4 heteroatoms. The van der Waals surface area contributed by atoms with Gasteiger partial charge >= 0.3 is 0 Å². The fourth-order valence-electron chi connectivity index (χ4n) is 3.33. The van der Waals surface area contributed by atoms with E-state index in [1.807, 2.05) is 18.2 Å². The molecular weight excluding hydrogens is 250 g/mol. The summed E-state index contributed by atoms with van der Waals surface area (Å²) in [5.74, 6) is 1.45. The summed E-state index contributed by atoms with van der Waals surface area (Å²) in [4.78, 5) is 19.1. The molecule has 4 nitrogen and oxygen atoms in total. The highest BCUT2D eigenvalue weighted by atomic mass is 16.1. The number of fused-ring (bicyclic) bond motifs is 1. The van der Waals surface area contributed by atoms with Crippen molar-refractivity contribution in [2.45, 2.75) is 26.8 Å². The van der Waals surface area contributed by atoms with Crippen LogP contribution >= 0.6 is 0 Å². The van der Waals surface area contributed by atoms with Crippen molar-refractivity contribution in [2.24, 2.45) is 11.8 Å². The van der Waals surface area contributed by atoms with E-state index < -0.39 is 0 Å². The third kappa shape index (κ3) is 2.75. The van der Waals surface area contributed by atoms with E-state index >= 15 is 0 Å². The number of hydrogen-bond acceptors (Lipinski definition) is 3. The van der Waals surface area contributed by atoms with Crippen LogP contribution in [0.25, 0.3) is 5.65 Å². The average molecular weight is 271 g/mol. The number of likely N-dealkylation sites (tertiary alicyclic amines) is 1. The first-order chi connectivity index (χ1) is 9.61. The molecule has 1 aliphatic heterocycles. The van der Waals surface area contributed by atoms with Crippen LogP contribution in [-0.4, -0.2) is 27.4 Å². The van der Waals surface area contributed by atoms with Crippen molar-refractivity contribution in [1.82, 2.24) is 14.3 Å². The number of hydrogen-bond donors (Lipinski definition) is 0. The van der Waals surface area contributed by atoms with Gasteiger partial charge < -0.3 is 0 Å². The summed E-state index contributed by atoms with van der Waals surface area (Å²) in [6, 6.07) is 7.31. The molecule has 1 fully saturated rings. The van der Waals surface area contributed by atoms with Crippen LogP contribution in [0.3, 0.4) is 0 Å². The Morgan fingerprint density at radius 1 is 1.25 bits per heavy atom. The Labute approximate surface area is 119 Å². The minimum absolute atomic E-state index is 0.00343. The van der Waals surface area contributed by atoms with Gasteiger partial charge in [-0.05, 0) is 30.4 Å². The largest absolute Gasteiger partial charge is 0.297 e. The Bertz CT molecular complexity index is 654. The number of rotatable bonds is 2. The van der Waals surface area contributed by atoms with Gasteiger partial charge in [-0.25, -0.2) is 4.98 Å². The highest BCUT2D eigenvalue weighted by molar-refractivity contribution is 5.37. The molecule has 0 aromatic carbocycles. The average Bonchev–Trinajstić information content (AvgIpc) is 2.37. The van der Waals surface area contributed by atoms with Gasteiger partial charge in [-0.2, -0.15) is 0 Å². The molecule has 0 radical (unpaired) electrons. The standard InChI is InChI=1S/C16H21N3O/c1-12-7-13(2)10-18(9-12)11-14-8-16(20)19-6-4-3-5-15(19)17-14/h3-6,8,12-13H,7,9-11H2,1-2H3/t12-,13-/m1/s1. The Balaban J connectivity index is 1.86. The summed E-state index contributed by atoms with van der Waals surface area (Å²) in [5, 5.41) is 0. The maximum atomic E-state index is 12.1. The SMILES string of the molecule is C[C@@H]1C[C@@H](C)CN(Cc2cc(=O)n3ccccc3n2)C1. The number of piperidine rings is 1. The lowest BCUT2D eigenvalue weighted by molar-refractivity contribution is 0.133. The van der Waals surface area contributed by atoms with Crippen LogP contribution in [0.1, 0.15) is 26.0 Å². The first-order valence-electron chi connectivity index (χ1n) is 7.31. The highest BCUT2D eigenvalue weighted by Crippen LogP contribution is 2.21. The van der Waals surface area contributed by atoms with Crippen LogP contribution in [0, 0.1) is 11.8 Å². The predicted octanol–water partition coefficient (Wildman–Crippen LogP) is 2.17. The van der Waals surface area contributed by atoms with Crippen molar-refractivity contribution in [1.29, 1.82) is 0 Å². The number of pyridine rings is 1. The van der Waals surface area contributed by atoms with E-state index in [0.29, 0.717) is 0 Å². The second-order valence-electron chi connectivity index (χ2n) is 6.15. The lowest BCUT2D eigenvalue weighted by Crippen LogP contribution is -2.38. The molecule has 3 heterocycles.